The van der Waals surface area contributed by atoms with Crippen molar-refractivity contribution in [2.24, 2.45) is 0 Å². The minimum atomic E-state index is 0.936. The number of allylic oxidation sites excluding steroid dienone is 4. The van der Waals surface area contributed by atoms with E-state index in [9.17, 15) is 0 Å². The monoisotopic (exact) mass is 237 g/mol. The smallest absolute Gasteiger partial charge is 0.146 e. The molecule has 1 aromatic carbocycles. The molecule has 0 bridgehead atoms. The van der Waals surface area contributed by atoms with Gasteiger partial charge in [0, 0.05) is 11.9 Å². The van der Waals surface area contributed by atoms with Gasteiger partial charge in [0.25, 0.3) is 0 Å². The van der Waals surface area contributed by atoms with E-state index in [-0.39, 0.29) is 0 Å². The average molecular weight is 237 g/mol. The summed E-state index contributed by atoms with van der Waals surface area (Å²) in [5.74, 6) is 0.936. The zero-order valence-corrected chi connectivity index (χ0v) is 10.1. The van der Waals surface area contributed by atoms with Gasteiger partial charge in [0.1, 0.15) is 12.0 Å². The summed E-state index contributed by atoms with van der Waals surface area (Å²) < 4.78 is 5.61. The van der Waals surface area contributed by atoms with Gasteiger partial charge < -0.3 is 9.64 Å². The fraction of sp³-hybridized carbons (Fsp3) is 0.125. The first-order valence-corrected chi connectivity index (χ1v) is 6.18. The molecule has 0 unspecified atom stereocenters. The molecule has 18 heavy (non-hydrogen) atoms. The molecular weight excluding hydrogens is 222 g/mol. The highest BCUT2D eigenvalue weighted by Crippen LogP contribution is 2.26. The van der Waals surface area contributed by atoms with E-state index in [4.69, 9.17) is 4.74 Å². The van der Waals surface area contributed by atoms with Crippen LogP contribution < -0.4 is 4.90 Å². The van der Waals surface area contributed by atoms with Crippen LogP contribution in [0.15, 0.2) is 78.6 Å². The second kappa shape index (κ2) is 4.96. The maximum atomic E-state index is 5.61. The predicted octanol–water partition coefficient (Wildman–Crippen LogP) is 4.11. The van der Waals surface area contributed by atoms with Crippen LogP contribution in [0, 0.1) is 0 Å². The van der Waals surface area contributed by atoms with Crippen molar-refractivity contribution in [2.75, 3.05) is 4.90 Å². The van der Waals surface area contributed by atoms with Crippen LogP contribution in [0.2, 0.25) is 0 Å². The lowest BCUT2D eigenvalue weighted by molar-refractivity contribution is 0.348. The Bertz CT molecular complexity index is 537. The predicted molar refractivity (Wildman–Crippen MR) is 73.7 cm³/mol. The van der Waals surface area contributed by atoms with E-state index in [1.165, 1.54) is 5.57 Å². The zero-order valence-electron chi connectivity index (χ0n) is 10.1. The Kier molecular flexibility index (Phi) is 3.01. The van der Waals surface area contributed by atoms with E-state index in [1.54, 1.807) is 6.26 Å². The lowest BCUT2D eigenvalue weighted by Crippen LogP contribution is -2.13. The second-order valence-electron chi connectivity index (χ2n) is 4.30. The standard InChI is InChI=1S/C16H15NO/c1-3-7-14(8-4-1)16-13-17(11-12-18-16)15-9-5-2-6-10-15/h1-3,5-7,9-13H,4,8H2. The van der Waals surface area contributed by atoms with Gasteiger partial charge in [-0.3, -0.25) is 0 Å². The van der Waals surface area contributed by atoms with Gasteiger partial charge >= 0.3 is 0 Å². The SMILES string of the molecule is C1=CCCC(C2=CN(c3ccccc3)C=CO2)=C1. The lowest BCUT2D eigenvalue weighted by Gasteiger charge is -2.23. The number of rotatable bonds is 2. The fourth-order valence-corrected chi connectivity index (χ4v) is 2.10. The van der Waals surface area contributed by atoms with Crippen molar-refractivity contribution in [1.82, 2.24) is 0 Å². The van der Waals surface area contributed by atoms with Gasteiger partial charge in [-0.05, 0) is 30.5 Å². The van der Waals surface area contributed by atoms with Crippen molar-refractivity contribution in [3.63, 3.8) is 0 Å². The lowest BCUT2D eigenvalue weighted by atomic mass is 10.0. The van der Waals surface area contributed by atoms with E-state index < -0.39 is 0 Å². The molecule has 1 aliphatic heterocycles. The van der Waals surface area contributed by atoms with Crippen molar-refractivity contribution in [2.45, 2.75) is 12.8 Å². The Balaban J connectivity index is 1.87. The van der Waals surface area contributed by atoms with Crippen LogP contribution in [0.5, 0.6) is 0 Å². The zero-order chi connectivity index (χ0) is 12.2. The molecule has 0 amide bonds. The minimum Gasteiger partial charge on any atom is -0.462 e. The molecule has 3 rings (SSSR count). The molecule has 0 N–H and O–H groups in total. The third-order valence-corrected chi connectivity index (χ3v) is 3.06. The molecule has 0 radical (unpaired) electrons. The molecule has 0 fully saturated rings. The maximum Gasteiger partial charge on any atom is 0.146 e. The number of nitrogens with zero attached hydrogens (tertiary/aromatic N) is 1. The molecule has 0 aromatic heterocycles. The molecule has 2 aliphatic rings. The number of benzene rings is 1. The van der Waals surface area contributed by atoms with Crippen molar-refractivity contribution >= 4 is 5.69 Å². The summed E-state index contributed by atoms with van der Waals surface area (Å²) in [5.41, 5.74) is 2.39. The summed E-state index contributed by atoms with van der Waals surface area (Å²) in [6, 6.07) is 10.3. The first-order valence-electron chi connectivity index (χ1n) is 6.18. The molecule has 0 saturated carbocycles. The van der Waals surface area contributed by atoms with Gasteiger partial charge in [-0.1, -0.05) is 36.4 Å². The van der Waals surface area contributed by atoms with Gasteiger partial charge in [-0.2, -0.15) is 0 Å². The van der Waals surface area contributed by atoms with E-state index in [2.05, 4.69) is 35.3 Å². The summed E-state index contributed by atoms with van der Waals surface area (Å²) in [7, 11) is 0. The third-order valence-electron chi connectivity index (χ3n) is 3.06. The molecule has 0 spiro atoms. The molecule has 2 nitrogen and oxygen atoms in total. The molecule has 1 aliphatic carbocycles. The Hall–Kier alpha value is -2.22. The highest BCUT2D eigenvalue weighted by atomic mass is 16.5. The number of ether oxygens (including phenoxy) is 1. The summed E-state index contributed by atoms with van der Waals surface area (Å²) >= 11 is 0. The highest BCUT2D eigenvalue weighted by molar-refractivity contribution is 5.54. The van der Waals surface area contributed by atoms with Crippen LogP contribution in [0.4, 0.5) is 5.69 Å². The highest BCUT2D eigenvalue weighted by Gasteiger charge is 2.13. The first-order chi connectivity index (χ1) is 8.93. The maximum absolute atomic E-state index is 5.61. The summed E-state index contributed by atoms with van der Waals surface area (Å²) in [6.07, 6.45) is 14.2. The normalized spacial score (nSPS) is 18.1. The number of para-hydroxylation sites is 1. The molecule has 0 saturated heterocycles. The van der Waals surface area contributed by atoms with Crippen LogP contribution in [0.25, 0.3) is 0 Å². The van der Waals surface area contributed by atoms with E-state index >= 15 is 0 Å². The van der Waals surface area contributed by atoms with Gasteiger partial charge in [0.2, 0.25) is 0 Å². The molecule has 1 heterocycles. The summed E-state index contributed by atoms with van der Waals surface area (Å²) in [6.45, 7) is 0. The van der Waals surface area contributed by atoms with Crippen molar-refractivity contribution in [3.8, 4) is 0 Å². The van der Waals surface area contributed by atoms with Crippen LogP contribution in [0.3, 0.4) is 0 Å². The molecule has 0 atom stereocenters. The molecule has 90 valence electrons. The Morgan fingerprint density at radius 3 is 2.78 bits per heavy atom. The van der Waals surface area contributed by atoms with E-state index in [0.29, 0.717) is 0 Å². The second-order valence-corrected chi connectivity index (χ2v) is 4.30. The fourth-order valence-electron chi connectivity index (χ4n) is 2.10. The molecular formula is C16H15NO. The summed E-state index contributed by atoms with van der Waals surface area (Å²) in [4.78, 5) is 2.08. The van der Waals surface area contributed by atoms with Crippen LogP contribution >= 0.6 is 0 Å². The quantitative estimate of drug-likeness (QED) is 0.767. The van der Waals surface area contributed by atoms with Gasteiger partial charge in [-0.25, -0.2) is 0 Å². The number of hydrogen-bond donors (Lipinski definition) is 0. The average Bonchev–Trinajstić information content (AvgIpc) is 2.49. The van der Waals surface area contributed by atoms with E-state index in [0.717, 1.165) is 24.3 Å². The van der Waals surface area contributed by atoms with Crippen molar-refractivity contribution in [3.05, 3.63) is 78.6 Å². The van der Waals surface area contributed by atoms with Crippen LogP contribution in [-0.4, -0.2) is 0 Å². The topological polar surface area (TPSA) is 12.5 Å². The largest absolute Gasteiger partial charge is 0.462 e. The van der Waals surface area contributed by atoms with E-state index in [1.807, 2.05) is 30.6 Å². The number of hydrogen-bond acceptors (Lipinski definition) is 2. The third kappa shape index (κ3) is 2.23. The van der Waals surface area contributed by atoms with Crippen LogP contribution in [0.1, 0.15) is 12.8 Å². The first kappa shape index (κ1) is 10.9. The van der Waals surface area contributed by atoms with Gasteiger partial charge in [-0.15, -0.1) is 0 Å². The van der Waals surface area contributed by atoms with Gasteiger partial charge in [0.15, 0.2) is 0 Å². The van der Waals surface area contributed by atoms with Crippen molar-refractivity contribution in [1.29, 1.82) is 0 Å². The molecule has 1 aromatic rings. The minimum absolute atomic E-state index is 0.936. The van der Waals surface area contributed by atoms with Crippen molar-refractivity contribution < 1.29 is 4.74 Å². The Morgan fingerprint density at radius 2 is 2.00 bits per heavy atom. The number of anilines is 1. The summed E-state index contributed by atoms with van der Waals surface area (Å²) in [5, 5.41) is 0. The van der Waals surface area contributed by atoms with Gasteiger partial charge in [0.05, 0.1) is 6.20 Å². The Morgan fingerprint density at radius 1 is 1.11 bits per heavy atom. The molecule has 2 heteroatoms. The van der Waals surface area contributed by atoms with Crippen LogP contribution in [-0.2, 0) is 4.74 Å². The Labute approximate surface area is 107 Å².